The molecule has 2 N–H and O–H groups in total. The van der Waals surface area contributed by atoms with E-state index in [-0.39, 0.29) is 11.4 Å². The number of fused-ring (bicyclic) bond motifs is 1. The maximum Gasteiger partial charge on any atom is 0.332 e. The molecule has 4 aromatic rings. The standard InChI is InChI=1S/C23H24N6O4/c1-14(16-10-11-17(30)18(12-16)33-4)25-26-22-24-20-19(21(31)28(3)23(32)27(20)2)29(22)13-15-8-6-5-7-9-15/h5-12,30H,13H2,1-4H3,(H,24,26)/b25-14+. The third-order valence-corrected chi connectivity index (χ3v) is 5.45. The molecule has 0 aliphatic carbocycles. The maximum absolute atomic E-state index is 13.0. The number of hydrazone groups is 1. The molecule has 0 aliphatic rings. The highest BCUT2D eigenvalue weighted by atomic mass is 16.5. The van der Waals surface area contributed by atoms with Gasteiger partial charge >= 0.3 is 5.69 Å². The molecule has 0 aliphatic heterocycles. The summed E-state index contributed by atoms with van der Waals surface area (Å²) in [5.41, 5.74) is 4.90. The van der Waals surface area contributed by atoms with Gasteiger partial charge in [-0.1, -0.05) is 30.3 Å². The number of hydrogen-bond acceptors (Lipinski definition) is 7. The monoisotopic (exact) mass is 448 g/mol. The first kappa shape index (κ1) is 21.9. The van der Waals surface area contributed by atoms with Gasteiger partial charge in [0.05, 0.1) is 19.4 Å². The number of aryl methyl sites for hydroxylation is 1. The fourth-order valence-corrected chi connectivity index (χ4v) is 3.55. The van der Waals surface area contributed by atoms with E-state index in [1.807, 2.05) is 30.3 Å². The molecule has 2 aromatic carbocycles. The molecule has 0 saturated heterocycles. The van der Waals surface area contributed by atoms with Crippen LogP contribution in [0.1, 0.15) is 18.1 Å². The van der Waals surface area contributed by atoms with Crippen LogP contribution in [0.3, 0.4) is 0 Å². The Labute approximate surface area is 189 Å². The van der Waals surface area contributed by atoms with Crippen LogP contribution in [0, 0.1) is 0 Å². The third kappa shape index (κ3) is 3.98. The van der Waals surface area contributed by atoms with E-state index in [4.69, 9.17) is 4.74 Å². The molecule has 0 spiro atoms. The summed E-state index contributed by atoms with van der Waals surface area (Å²) in [7, 11) is 4.49. The van der Waals surface area contributed by atoms with Crippen molar-refractivity contribution in [3.05, 3.63) is 80.5 Å². The largest absolute Gasteiger partial charge is 0.504 e. The Morgan fingerprint density at radius 3 is 2.55 bits per heavy atom. The van der Waals surface area contributed by atoms with Crippen molar-refractivity contribution in [3.8, 4) is 11.5 Å². The number of methoxy groups -OCH3 is 1. The number of benzene rings is 2. The van der Waals surface area contributed by atoms with E-state index in [1.54, 1.807) is 30.7 Å². The molecule has 0 saturated carbocycles. The van der Waals surface area contributed by atoms with Crippen LogP contribution in [-0.2, 0) is 20.6 Å². The minimum Gasteiger partial charge on any atom is -0.504 e. The molecule has 0 radical (unpaired) electrons. The van der Waals surface area contributed by atoms with Gasteiger partial charge in [0.15, 0.2) is 22.7 Å². The molecule has 10 nitrogen and oxygen atoms in total. The molecule has 2 heterocycles. The molecule has 170 valence electrons. The van der Waals surface area contributed by atoms with Crippen molar-refractivity contribution in [2.24, 2.45) is 19.2 Å². The first-order valence-corrected chi connectivity index (χ1v) is 10.2. The molecule has 0 amide bonds. The van der Waals surface area contributed by atoms with Crippen LogP contribution in [0.25, 0.3) is 11.2 Å². The number of nitrogens with zero attached hydrogens (tertiary/aromatic N) is 5. The summed E-state index contributed by atoms with van der Waals surface area (Å²) in [5, 5.41) is 14.2. The van der Waals surface area contributed by atoms with Gasteiger partial charge < -0.3 is 9.84 Å². The highest BCUT2D eigenvalue weighted by Crippen LogP contribution is 2.26. The topological polar surface area (TPSA) is 116 Å². The summed E-state index contributed by atoms with van der Waals surface area (Å²) in [4.78, 5) is 29.9. The average Bonchev–Trinajstić information content (AvgIpc) is 3.19. The zero-order valence-corrected chi connectivity index (χ0v) is 18.7. The number of nitrogens with one attached hydrogen (secondary N) is 1. The summed E-state index contributed by atoms with van der Waals surface area (Å²) < 4.78 is 9.27. The molecule has 0 fully saturated rings. The van der Waals surface area contributed by atoms with Crippen LogP contribution >= 0.6 is 0 Å². The number of aromatic nitrogens is 4. The van der Waals surface area contributed by atoms with Crippen LogP contribution in [0.5, 0.6) is 11.5 Å². The number of aromatic hydroxyl groups is 1. The molecular formula is C23H24N6O4. The second-order valence-electron chi connectivity index (χ2n) is 7.58. The second-order valence-corrected chi connectivity index (χ2v) is 7.58. The lowest BCUT2D eigenvalue weighted by atomic mass is 10.1. The van der Waals surface area contributed by atoms with Gasteiger partial charge in [-0.15, -0.1) is 0 Å². The molecular weight excluding hydrogens is 424 g/mol. The smallest absolute Gasteiger partial charge is 0.332 e. The van der Waals surface area contributed by atoms with Crippen molar-refractivity contribution in [1.82, 2.24) is 18.7 Å². The molecule has 2 aromatic heterocycles. The Balaban J connectivity index is 1.83. The summed E-state index contributed by atoms with van der Waals surface area (Å²) in [6.07, 6.45) is 0. The number of ether oxygens (including phenoxy) is 1. The Morgan fingerprint density at radius 1 is 1.12 bits per heavy atom. The van der Waals surface area contributed by atoms with Gasteiger partial charge in [0.25, 0.3) is 5.56 Å². The summed E-state index contributed by atoms with van der Waals surface area (Å²) >= 11 is 0. The summed E-state index contributed by atoms with van der Waals surface area (Å²) in [6, 6.07) is 14.5. The van der Waals surface area contributed by atoms with Gasteiger partial charge in [0, 0.05) is 19.7 Å². The lowest BCUT2D eigenvalue weighted by molar-refractivity contribution is 0.373. The summed E-state index contributed by atoms with van der Waals surface area (Å²) in [5.74, 6) is 0.678. The van der Waals surface area contributed by atoms with Gasteiger partial charge in [-0.05, 0) is 30.7 Å². The van der Waals surface area contributed by atoms with Crippen LogP contribution in [0.4, 0.5) is 5.95 Å². The van der Waals surface area contributed by atoms with E-state index in [1.165, 1.54) is 24.8 Å². The predicted molar refractivity (Wildman–Crippen MR) is 126 cm³/mol. The number of phenolic OH excluding ortho intramolecular Hbond substituents is 1. The van der Waals surface area contributed by atoms with Crippen molar-refractivity contribution >= 4 is 22.8 Å². The van der Waals surface area contributed by atoms with E-state index >= 15 is 0 Å². The van der Waals surface area contributed by atoms with Crippen LogP contribution in [0.2, 0.25) is 0 Å². The summed E-state index contributed by atoms with van der Waals surface area (Å²) in [6.45, 7) is 2.15. The quantitative estimate of drug-likeness (QED) is 0.345. The van der Waals surface area contributed by atoms with Gasteiger partial charge in [0.1, 0.15) is 0 Å². The fourth-order valence-electron chi connectivity index (χ4n) is 3.55. The molecule has 0 bridgehead atoms. The SMILES string of the molecule is COc1cc(/C(C)=N/Nc2nc3c(c(=O)n(C)c(=O)n3C)n2Cc2ccccc2)ccc1O. The predicted octanol–water partition coefficient (Wildman–Crippen LogP) is 2.03. The number of hydrogen-bond donors (Lipinski definition) is 2. The van der Waals surface area contributed by atoms with Crippen molar-refractivity contribution < 1.29 is 9.84 Å². The highest BCUT2D eigenvalue weighted by Gasteiger charge is 2.19. The Morgan fingerprint density at radius 2 is 1.85 bits per heavy atom. The van der Waals surface area contributed by atoms with E-state index in [2.05, 4.69) is 15.5 Å². The minimum absolute atomic E-state index is 0.0309. The molecule has 0 unspecified atom stereocenters. The van der Waals surface area contributed by atoms with Gasteiger partial charge in [-0.3, -0.25) is 18.5 Å². The number of rotatable bonds is 6. The molecule has 0 atom stereocenters. The average molecular weight is 448 g/mol. The zero-order chi connectivity index (χ0) is 23.7. The van der Waals surface area contributed by atoms with Crippen molar-refractivity contribution in [2.45, 2.75) is 13.5 Å². The Kier molecular flexibility index (Phi) is 5.74. The van der Waals surface area contributed by atoms with Crippen LogP contribution in [-0.4, -0.2) is 36.6 Å². The number of anilines is 1. The van der Waals surface area contributed by atoms with Gasteiger partial charge in [0.2, 0.25) is 5.95 Å². The van der Waals surface area contributed by atoms with Crippen molar-refractivity contribution in [3.63, 3.8) is 0 Å². The van der Waals surface area contributed by atoms with Gasteiger partial charge in [-0.2, -0.15) is 10.1 Å². The van der Waals surface area contributed by atoms with E-state index in [0.29, 0.717) is 29.5 Å². The molecule has 33 heavy (non-hydrogen) atoms. The number of imidazole rings is 1. The third-order valence-electron chi connectivity index (χ3n) is 5.45. The lowest BCUT2D eigenvalue weighted by Crippen LogP contribution is -2.37. The van der Waals surface area contributed by atoms with Gasteiger partial charge in [-0.25, -0.2) is 10.2 Å². The zero-order valence-electron chi connectivity index (χ0n) is 18.7. The number of phenols is 1. The fraction of sp³-hybridized carbons (Fsp3) is 0.217. The van der Waals surface area contributed by atoms with Crippen LogP contribution in [0.15, 0.2) is 63.2 Å². The van der Waals surface area contributed by atoms with E-state index < -0.39 is 11.2 Å². The normalized spacial score (nSPS) is 11.7. The lowest BCUT2D eigenvalue weighted by Gasteiger charge is -2.10. The maximum atomic E-state index is 13.0. The van der Waals surface area contributed by atoms with E-state index in [9.17, 15) is 14.7 Å². The second kappa shape index (κ2) is 8.65. The molecule has 10 heteroatoms. The van der Waals surface area contributed by atoms with Crippen molar-refractivity contribution in [1.29, 1.82) is 0 Å². The molecule has 4 rings (SSSR count). The minimum atomic E-state index is -0.459. The highest BCUT2D eigenvalue weighted by molar-refractivity contribution is 5.99. The Hall–Kier alpha value is -4.34. The van der Waals surface area contributed by atoms with E-state index in [0.717, 1.165) is 15.7 Å². The Bertz CT molecular complexity index is 1480. The van der Waals surface area contributed by atoms with Crippen LogP contribution < -0.4 is 21.4 Å². The first-order chi connectivity index (χ1) is 15.8. The first-order valence-electron chi connectivity index (χ1n) is 10.2. The van der Waals surface area contributed by atoms with Crippen molar-refractivity contribution in [2.75, 3.05) is 12.5 Å².